The van der Waals surface area contributed by atoms with Gasteiger partial charge >= 0.3 is 0 Å². The van der Waals surface area contributed by atoms with Crippen molar-refractivity contribution in [2.75, 3.05) is 0 Å². The van der Waals surface area contributed by atoms with Gasteiger partial charge in [0.25, 0.3) is 0 Å². The smallest absolute Gasteiger partial charge is 0 e. The van der Waals surface area contributed by atoms with Crippen LogP contribution in [-0.4, -0.2) is 47.8 Å². The Hall–Kier alpha value is 1.30. The Labute approximate surface area is 81.2 Å². The van der Waals surface area contributed by atoms with Crippen molar-refractivity contribution < 1.29 is 0 Å². The summed E-state index contributed by atoms with van der Waals surface area (Å²) >= 11 is 1.71. The van der Waals surface area contributed by atoms with Gasteiger partial charge in [-0.15, -0.1) is 0 Å². The average molecular weight is 322 g/mol. The van der Waals surface area contributed by atoms with Gasteiger partial charge in [0.1, 0.15) is 0 Å². The van der Waals surface area contributed by atoms with Crippen molar-refractivity contribution in [2.45, 2.75) is 0 Å². The zero-order chi connectivity index (χ0) is 3.54. The fourth-order valence-corrected chi connectivity index (χ4v) is 0.680. The molecule has 0 atom stereocenters. The summed E-state index contributed by atoms with van der Waals surface area (Å²) in [4.78, 5) is 0. The maximum absolute atomic E-state index is 2.04. The summed E-state index contributed by atoms with van der Waals surface area (Å²) in [5.74, 6) is 0. The minimum absolute atomic E-state index is 0. The first kappa shape index (κ1) is 11.1. The predicted molar refractivity (Wildman–Crippen MR) is 35.8 cm³/mol. The van der Waals surface area contributed by atoms with Crippen LogP contribution in [0, 0.1) is 0 Å². The van der Waals surface area contributed by atoms with Crippen LogP contribution in [0.2, 0.25) is 0 Å². The van der Waals surface area contributed by atoms with E-state index in [0.29, 0.717) is 0 Å². The maximum atomic E-state index is 2.04. The van der Waals surface area contributed by atoms with E-state index in [-0.39, 0.29) is 47.8 Å². The molecule has 0 saturated heterocycles. The summed E-state index contributed by atoms with van der Waals surface area (Å²) in [7, 11) is 0. The van der Waals surface area contributed by atoms with Crippen LogP contribution in [-0.2, 0) is 0 Å². The summed E-state index contributed by atoms with van der Waals surface area (Å²) in [6.45, 7) is 0. The molecule has 0 spiro atoms. The second-order valence-corrected chi connectivity index (χ2v) is 1.61. The first-order valence-electron chi connectivity index (χ1n) is 1.47. The SMILES string of the molecule is [Sn].[Sn].c1ccsc1. The van der Waals surface area contributed by atoms with Crippen molar-refractivity contribution in [3.05, 3.63) is 22.9 Å². The molecule has 0 amide bonds. The molecule has 0 fully saturated rings. The molecule has 0 saturated carbocycles. The van der Waals surface area contributed by atoms with E-state index in [4.69, 9.17) is 0 Å². The summed E-state index contributed by atoms with van der Waals surface area (Å²) in [5, 5.41) is 4.08. The molecule has 7 heavy (non-hydrogen) atoms. The summed E-state index contributed by atoms with van der Waals surface area (Å²) in [6, 6.07) is 4.04. The van der Waals surface area contributed by atoms with Crippen LogP contribution in [0.4, 0.5) is 0 Å². The first-order valence-corrected chi connectivity index (χ1v) is 2.41. The molecule has 0 unspecified atom stereocenters. The predicted octanol–water partition coefficient (Wildman–Crippen LogP) is 0.987. The van der Waals surface area contributed by atoms with Crippen molar-refractivity contribution in [3.8, 4) is 0 Å². The maximum Gasteiger partial charge on any atom is 0 e. The van der Waals surface area contributed by atoms with Crippen molar-refractivity contribution in [1.29, 1.82) is 0 Å². The summed E-state index contributed by atoms with van der Waals surface area (Å²) < 4.78 is 0. The molecular weight excluding hydrogens is 318 g/mol. The van der Waals surface area contributed by atoms with Crippen LogP contribution in [0.1, 0.15) is 0 Å². The van der Waals surface area contributed by atoms with Crippen LogP contribution in [0.25, 0.3) is 0 Å². The van der Waals surface area contributed by atoms with Crippen LogP contribution in [0.15, 0.2) is 22.9 Å². The molecule has 8 radical (unpaired) electrons. The van der Waals surface area contributed by atoms with Crippen molar-refractivity contribution >= 4 is 59.2 Å². The molecule has 0 aliphatic rings. The number of rotatable bonds is 0. The van der Waals surface area contributed by atoms with E-state index in [1.54, 1.807) is 11.3 Å². The molecule has 34 valence electrons. The Morgan fingerprint density at radius 3 is 1.43 bits per heavy atom. The van der Waals surface area contributed by atoms with Crippen LogP contribution < -0.4 is 0 Å². The minimum atomic E-state index is 0. The third kappa shape index (κ3) is 5.16. The van der Waals surface area contributed by atoms with Crippen LogP contribution in [0.3, 0.4) is 0 Å². The largest absolute Gasteiger partial charge is 0.152 e. The molecule has 0 aliphatic heterocycles. The van der Waals surface area contributed by atoms with E-state index in [1.807, 2.05) is 22.9 Å². The van der Waals surface area contributed by atoms with E-state index in [2.05, 4.69) is 0 Å². The van der Waals surface area contributed by atoms with E-state index in [9.17, 15) is 0 Å². The Kier molecular flexibility index (Phi) is 11.6. The summed E-state index contributed by atoms with van der Waals surface area (Å²) in [6.07, 6.45) is 0. The zero-order valence-electron chi connectivity index (χ0n) is 3.72. The molecule has 1 aromatic rings. The number of hydrogen-bond acceptors (Lipinski definition) is 1. The van der Waals surface area contributed by atoms with Gasteiger partial charge in [0.05, 0.1) is 0 Å². The monoisotopic (exact) mass is 324 g/mol. The molecule has 1 rings (SSSR count). The molecule has 1 heterocycles. The zero-order valence-corrected chi connectivity index (χ0v) is 10.2. The quantitative estimate of drug-likeness (QED) is 0.625. The molecule has 1 aromatic heterocycles. The van der Waals surface area contributed by atoms with Gasteiger partial charge in [-0.2, -0.15) is 11.3 Å². The van der Waals surface area contributed by atoms with Gasteiger partial charge in [0.2, 0.25) is 0 Å². The van der Waals surface area contributed by atoms with E-state index < -0.39 is 0 Å². The van der Waals surface area contributed by atoms with Gasteiger partial charge in [-0.05, 0) is 10.8 Å². The third-order valence-corrected chi connectivity index (χ3v) is 1.05. The fourth-order valence-electron chi connectivity index (χ4n) is 0.227. The standard InChI is InChI=1S/C4H4S.2Sn/c1-2-4-5-3-1;;/h1-4H;;. The summed E-state index contributed by atoms with van der Waals surface area (Å²) in [5.41, 5.74) is 0. The number of thiophene rings is 1. The molecule has 0 bridgehead atoms. The van der Waals surface area contributed by atoms with Crippen molar-refractivity contribution in [2.24, 2.45) is 0 Å². The van der Waals surface area contributed by atoms with Crippen molar-refractivity contribution in [1.82, 2.24) is 0 Å². The Morgan fingerprint density at radius 1 is 0.857 bits per heavy atom. The second-order valence-electron chi connectivity index (χ2n) is 0.793. The third-order valence-electron chi connectivity index (χ3n) is 0.425. The minimum Gasteiger partial charge on any atom is -0.152 e. The molecular formula is C4H4SSn2. The van der Waals surface area contributed by atoms with Crippen LogP contribution >= 0.6 is 11.3 Å². The molecule has 0 N–H and O–H groups in total. The van der Waals surface area contributed by atoms with Gasteiger partial charge in [-0.25, -0.2) is 0 Å². The average Bonchev–Trinajstić information content (AvgIpc) is 1.76. The van der Waals surface area contributed by atoms with Gasteiger partial charge in [0, 0.05) is 47.8 Å². The molecule has 0 aromatic carbocycles. The van der Waals surface area contributed by atoms with Crippen LogP contribution in [0.5, 0.6) is 0 Å². The topological polar surface area (TPSA) is 0 Å². The molecule has 0 nitrogen and oxygen atoms in total. The van der Waals surface area contributed by atoms with E-state index >= 15 is 0 Å². The van der Waals surface area contributed by atoms with Gasteiger partial charge in [0.15, 0.2) is 0 Å². The van der Waals surface area contributed by atoms with Gasteiger partial charge < -0.3 is 0 Å². The van der Waals surface area contributed by atoms with Gasteiger partial charge in [-0.3, -0.25) is 0 Å². The first-order chi connectivity index (χ1) is 2.50. The van der Waals surface area contributed by atoms with Gasteiger partial charge in [-0.1, -0.05) is 12.1 Å². The van der Waals surface area contributed by atoms with Crippen molar-refractivity contribution in [3.63, 3.8) is 0 Å². The normalized spacial score (nSPS) is 5.71. The molecule has 3 heteroatoms. The number of hydrogen-bond donors (Lipinski definition) is 0. The van der Waals surface area contributed by atoms with E-state index in [0.717, 1.165) is 0 Å². The Morgan fingerprint density at radius 2 is 1.29 bits per heavy atom. The van der Waals surface area contributed by atoms with E-state index in [1.165, 1.54) is 0 Å². The fraction of sp³-hybridized carbons (Fsp3) is 0. The molecule has 0 aliphatic carbocycles. The Bertz CT molecular complexity index is 66.2. The second kappa shape index (κ2) is 7.30. The Balaban J connectivity index is 0.